The Morgan fingerprint density at radius 1 is 1.65 bits per heavy atom. The molecular weight excluding hydrogens is 234 g/mol. The molecule has 1 atom stereocenters. The molecule has 1 amide bonds. The Bertz CT molecular complexity index is 425. The lowest BCUT2D eigenvalue weighted by molar-refractivity contribution is -0.133. The summed E-state index contributed by atoms with van der Waals surface area (Å²) in [6.45, 7) is 6.53. The molecule has 1 aromatic rings. The zero-order chi connectivity index (χ0) is 12.6. The molecule has 1 N–H and O–H groups in total. The second kappa shape index (κ2) is 4.42. The first-order valence-electron chi connectivity index (χ1n) is 5.91. The van der Waals surface area contributed by atoms with Crippen LogP contribution in [0.15, 0.2) is 11.4 Å². The fourth-order valence-corrected chi connectivity index (χ4v) is 3.36. The lowest BCUT2D eigenvalue weighted by Crippen LogP contribution is -2.43. The summed E-state index contributed by atoms with van der Waals surface area (Å²) < 4.78 is 0. The van der Waals surface area contributed by atoms with E-state index in [1.54, 1.807) is 11.3 Å². The number of nitrogens with zero attached hydrogens (tertiary/aromatic N) is 1. The van der Waals surface area contributed by atoms with Gasteiger partial charge in [0.1, 0.15) is 0 Å². The topological polar surface area (TPSA) is 40.5 Å². The maximum atomic E-state index is 12.2. The van der Waals surface area contributed by atoms with E-state index in [2.05, 4.69) is 0 Å². The molecule has 4 heteroatoms. The van der Waals surface area contributed by atoms with Crippen LogP contribution in [0.2, 0.25) is 0 Å². The van der Waals surface area contributed by atoms with Gasteiger partial charge in [0.05, 0.1) is 12.5 Å². The number of hydrogen-bond donors (Lipinski definition) is 1. The largest absolute Gasteiger partial charge is 0.391 e. The minimum Gasteiger partial charge on any atom is -0.391 e. The summed E-state index contributed by atoms with van der Waals surface area (Å²) in [5.74, 6) is 0.122. The van der Waals surface area contributed by atoms with Crippen LogP contribution < -0.4 is 0 Å². The van der Waals surface area contributed by atoms with Crippen LogP contribution in [0.3, 0.4) is 0 Å². The maximum Gasteiger partial charge on any atom is 0.228 e. The monoisotopic (exact) mass is 253 g/mol. The van der Waals surface area contributed by atoms with Gasteiger partial charge in [0, 0.05) is 17.0 Å². The van der Waals surface area contributed by atoms with Gasteiger partial charge in [-0.25, -0.2) is 0 Å². The van der Waals surface area contributed by atoms with Gasteiger partial charge in [-0.2, -0.15) is 0 Å². The van der Waals surface area contributed by atoms with Crippen LogP contribution in [0.1, 0.15) is 30.7 Å². The normalized spacial score (nSPS) is 23.1. The summed E-state index contributed by atoms with van der Waals surface area (Å²) in [5, 5.41) is 11.7. The van der Waals surface area contributed by atoms with Crippen molar-refractivity contribution in [1.29, 1.82) is 0 Å². The molecule has 1 aliphatic heterocycles. The van der Waals surface area contributed by atoms with Gasteiger partial charge in [0.15, 0.2) is 0 Å². The van der Waals surface area contributed by atoms with Crippen molar-refractivity contribution < 1.29 is 9.90 Å². The third kappa shape index (κ3) is 2.53. The van der Waals surface area contributed by atoms with Crippen molar-refractivity contribution in [2.75, 3.05) is 6.54 Å². The molecule has 1 aliphatic rings. The van der Waals surface area contributed by atoms with Crippen LogP contribution in [-0.2, 0) is 11.2 Å². The Kier molecular flexibility index (Phi) is 3.27. The highest BCUT2D eigenvalue weighted by atomic mass is 32.1. The number of aryl methyl sites for hydroxylation is 1. The van der Waals surface area contributed by atoms with E-state index >= 15 is 0 Å². The molecule has 1 aromatic heterocycles. The average Bonchev–Trinajstić information content (AvgIpc) is 2.70. The molecule has 0 bridgehead atoms. The zero-order valence-electron chi connectivity index (χ0n) is 10.6. The highest BCUT2D eigenvalue weighted by Crippen LogP contribution is 2.30. The second-order valence-electron chi connectivity index (χ2n) is 5.38. The Labute approximate surface area is 106 Å². The highest BCUT2D eigenvalue weighted by molar-refractivity contribution is 7.10. The molecule has 0 spiro atoms. The van der Waals surface area contributed by atoms with Crippen molar-refractivity contribution in [3.05, 3.63) is 21.9 Å². The number of thiophene rings is 1. The van der Waals surface area contributed by atoms with E-state index in [0.717, 1.165) is 4.88 Å². The lowest BCUT2D eigenvalue weighted by Gasteiger charge is -2.31. The number of amides is 1. The second-order valence-corrected chi connectivity index (χ2v) is 6.38. The van der Waals surface area contributed by atoms with Crippen molar-refractivity contribution >= 4 is 17.2 Å². The number of β-amino-alcohol motifs (C(OH)–C–C–N with tert-alkyl or cyclic N) is 1. The molecule has 1 unspecified atom stereocenters. The number of rotatable bonds is 2. The SMILES string of the molecule is Cc1ccsc1CC(=O)N1CC(O)CC1(C)C. The number of carbonyl (C=O) groups is 1. The van der Waals surface area contributed by atoms with Gasteiger partial charge in [-0.3, -0.25) is 4.79 Å². The van der Waals surface area contributed by atoms with Crippen molar-refractivity contribution in [2.45, 2.75) is 45.3 Å². The molecule has 1 saturated heterocycles. The summed E-state index contributed by atoms with van der Waals surface area (Å²) in [7, 11) is 0. The van der Waals surface area contributed by atoms with Crippen LogP contribution in [0.5, 0.6) is 0 Å². The van der Waals surface area contributed by atoms with Crippen LogP contribution in [0.4, 0.5) is 0 Å². The van der Waals surface area contributed by atoms with Gasteiger partial charge in [0.25, 0.3) is 0 Å². The van der Waals surface area contributed by atoms with Crippen LogP contribution in [0, 0.1) is 6.92 Å². The van der Waals surface area contributed by atoms with Gasteiger partial charge in [0.2, 0.25) is 5.91 Å². The third-order valence-electron chi connectivity index (χ3n) is 3.44. The molecule has 2 heterocycles. The predicted octanol–water partition coefficient (Wildman–Crippen LogP) is 1.97. The smallest absolute Gasteiger partial charge is 0.228 e. The van der Waals surface area contributed by atoms with E-state index in [1.807, 2.05) is 37.1 Å². The molecule has 0 aliphatic carbocycles. The van der Waals surface area contributed by atoms with Gasteiger partial charge in [-0.05, 0) is 44.2 Å². The van der Waals surface area contributed by atoms with E-state index in [0.29, 0.717) is 19.4 Å². The highest BCUT2D eigenvalue weighted by Gasteiger charge is 2.40. The summed E-state index contributed by atoms with van der Waals surface area (Å²) in [5.41, 5.74) is 0.961. The Hall–Kier alpha value is -0.870. The summed E-state index contributed by atoms with van der Waals surface area (Å²) in [6.07, 6.45) is 0.750. The first-order valence-corrected chi connectivity index (χ1v) is 6.79. The summed E-state index contributed by atoms with van der Waals surface area (Å²) >= 11 is 1.63. The van der Waals surface area contributed by atoms with E-state index in [1.165, 1.54) is 5.56 Å². The van der Waals surface area contributed by atoms with Crippen molar-refractivity contribution in [3.63, 3.8) is 0 Å². The molecule has 2 rings (SSSR count). The Morgan fingerprint density at radius 2 is 2.35 bits per heavy atom. The fourth-order valence-electron chi connectivity index (χ4n) is 2.47. The molecule has 0 radical (unpaired) electrons. The number of aliphatic hydroxyl groups is 1. The summed E-state index contributed by atoms with van der Waals surface area (Å²) in [6, 6.07) is 2.04. The number of carbonyl (C=O) groups excluding carboxylic acids is 1. The van der Waals surface area contributed by atoms with Crippen molar-refractivity contribution in [2.24, 2.45) is 0 Å². The standard InChI is InChI=1S/C13H19NO2S/c1-9-4-5-17-11(9)6-12(16)14-8-10(15)7-13(14,2)3/h4-5,10,15H,6-8H2,1-3H3. The molecule has 3 nitrogen and oxygen atoms in total. The quantitative estimate of drug-likeness (QED) is 0.875. The van der Waals surface area contributed by atoms with Crippen LogP contribution in [0.25, 0.3) is 0 Å². The van der Waals surface area contributed by atoms with E-state index in [-0.39, 0.29) is 17.6 Å². The first-order chi connectivity index (χ1) is 7.90. The van der Waals surface area contributed by atoms with Gasteiger partial charge in [-0.1, -0.05) is 0 Å². The van der Waals surface area contributed by atoms with Gasteiger partial charge >= 0.3 is 0 Å². The maximum absolute atomic E-state index is 12.2. The van der Waals surface area contributed by atoms with Gasteiger partial charge in [-0.15, -0.1) is 11.3 Å². The average molecular weight is 253 g/mol. The van der Waals surface area contributed by atoms with Crippen molar-refractivity contribution in [3.8, 4) is 0 Å². The first kappa shape index (κ1) is 12.6. The number of likely N-dealkylation sites (tertiary alicyclic amines) is 1. The predicted molar refractivity (Wildman–Crippen MR) is 69.2 cm³/mol. The Morgan fingerprint density at radius 3 is 2.82 bits per heavy atom. The minimum atomic E-state index is -0.376. The summed E-state index contributed by atoms with van der Waals surface area (Å²) in [4.78, 5) is 15.2. The van der Waals surface area contributed by atoms with E-state index < -0.39 is 0 Å². The molecule has 1 fully saturated rings. The molecule has 94 valence electrons. The molecule has 17 heavy (non-hydrogen) atoms. The van der Waals surface area contributed by atoms with E-state index in [4.69, 9.17) is 0 Å². The molecular formula is C13H19NO2S. The van der Waals surface area contributed by atoms with E-state index in [9.17, 15) is 9.90 Å². The van der Waals surface area contributed by atoms with Crippen molar-refractivity contribution in [1.82, 2.24) is 4.90 Å². The fraction of sp³-hybridized carbons (Fsp3) is 0.615. The van der Waals surface area contributed by atoms with Crippen LogP contribution >= 0.6 is 11.3 Å². The Balaban J connectivity index is 2.09. The zero-order valence-corrected chi connectivity index (χ0v) is 11.4. The van der Waals surface area contributed by atoms with Gasteiger partial charge < -0.3 is 10.0 Å². The third-order valence-corrected chi connectivity index (χ3v) is 4.46. The minimum absolute atomic E-state index is 0.122. The lowest BCUT2D eigenvalue weighted by atomic mass is 10.0. The number of hydrogen-bond acceptors (Lipinski definition) is 3. The number of aliphatic hydroxyl groups excluding tert-OH is 1. The molecule has 0 aromatic carbocycles. The molecule has 0 saturated carbocycles. The van der Waals surface area contributed by atoms with Crippen LogP contribution in [-0.4, -0.2) is 34.1 Å².